The average molecular weight is 435 g/mol. The fourth-order valence-corrected chi connectivity index (χ4v) is 4.72. The Morgan fingerprint density at radius 2 is 2.10 bits per heavy atom. The zero-order valence-corrected chi connectivity index (χ0v) is 16.9. The molecule has 29 heavy (non-hydrogen) atoms. The number of carbonyl (C=O) groups excluding carboxylic acids is 1. The second-order valence-electron chi connectivity index (χ2n) is 6.69. The third kappa shape index (κ3) is 4.43. The molecule has 0 radical (unpaired) electrons. The van der Waals surface area contributed by atoms with Gasteiger partial charge >= 0.3 is 0 Å². The number of anilines is 1. The first-order valence-corrected chi connectivity index (χ1v) is 11.0. The molecule has 4 rings (SSSR count). The number of para-hydroxylation sites is 2. The van der Waals surface area contributed by atoms with Gasteiger partial charge in [0.2, 0.25) is 16.0 Å². The number of halogens is 1. The van der Waals surface area contributed by atoms with E-state index in [0.29, 0.717) is 12.1 Å². The third-order valence-electron chi connectivity index (χ3n) is 4.63. The first kappa shape index (κ1) is 19.8. The van der Waals surface area contributed by atoms with E-state index in [2.05, 4.69) is 20.0 Å². The molecular formula is C19H19ClN4O4S. The molecule has 1 fully saturated rings. The molecule has 0 bridgehead atoms. The van der Waals surface area contributed by atoms with Gasteiger partial charge in [-0.1, -0.05) is 23.7 Å². The molecule has 1 aliphatic heterocycles. The van der Waals surface area contributed by atoms with Gasteiger partial charge in [-0.2, -0.15) is 0 Å². The highest BCUT2D eigenvalue weighted by Gasteiger charge is 2.23. The standard InChI is InChI=1S/C19H19ClN4O4S/c20-14-8-7-12(10-17(14)29(26,27)21-11-13-4-3-9-28-13)18(25)24-19-22-15-5-1-2-6-16(15)23-19/h1-2,5-8,10,13,21H,3-4,9,11H2,(H2,22,23,24,25)/t13-/m1/s1. The van der Waals surface area contributed by atoms with Crippen molar-refractivity contribution in [2.45, 2.75) is 23.8 Å². The number of nitrogens with one attached hydrogen (secondary N) is 3. The molecule has 0 spiro atoms. The number of aromatic amines is 1. The number of H-pyrrole nitrogens is 1. The third-order valence-corrected chi connectivity index (χ3v) is 6.53. The van der Waals surface area contributed by atoms with Gasteiger partial charge in [-0.25, -0.2) is 18.1 Å². The van der Waals surface area contributed by atoms with Crippen molar-refractivity contribution in [3.8, 4) is 0 Å². The van der Waals surface area contributed by atoms with E-state index >= 15 is 0 Å². The Labute approximate surface area is 172 Å². The second-order valence-corrected chi connectivity index (χ2v) is 8.83. The number of aromatic nitrogens is 2. The van der Waals surface area contributed by atoms with Gasteiger partial charge in [0.1, 0.15) is 4.90 Å². The Morgan fingerprint density at radius 1 is 1.28 bits per heavy atom. The van der Waals surface area contributed by atoms with Gasteiger partial charge in [0.25, 0.3) is 5.91 Å². The lowest BCUT2D eigenvalue weighted by Gasteiger charge is -2.13. The summed E-state index contributed by atoms with van der Waals surface area (Å²) in [5.74, 6) is -0.233. The topological polar surface area (TPSA) is 113 Å². The van der Waals surface area contributed by atoms with E-state index in [0.717, 1.165) is 18.4 Å². The maximum absolute atomic E-state index is 12.7. The van der Waals surface area contributed by atoms with E-state index in [1.54, 1.807) is 0 Å². The van der Waals surface area contributed by atoms with Crippen molar-refractivity contribution in [2.75, 3.05) is 18.5 Å². The van der Waals surface area contributed by atoms with E-state index in [9.17, 15) is 13.2 Å². The number of ether oxygens (including phenoxy) is 1. The number of benzene rings is 2. The number of amides is 1. The molecule has 0 aliphatic carbocycles. The first-order valence-electron chi connectivity index (χ1n) is 9.09. The van der Waals surface area contributed by atoms with Crippen LogP contribution in [-0.4, -0.2) is 43.5 Å². The summed E-state index contributed by atoms with van der Waals surface area (Å²) < 4.78 is 33.3. The Bertz CT molecular complexity index is 1120. The number of hydrogen-bond donors (Lipinski definition) is 3. The SMILES string of the molecule is O=C(Nc1nc2ccccc2[nH]1)c1ccc(Cl)c(S(=O)(=O)NC[C@H]2CCCO2)c1. The molecule has 1 aliphatic rings. The Kier molecular flexibility index (Phi) is 5.55. The summed E-state index contributed by atoms with van der Waals surface area (Å²) in [4.78, 5) is 19.7. The lowest BCUT2D eigenvalue weighted by molar-refractivity contribution is 0.102. The summed E-state index contributed by atoms with van der Waals surface area (Å²) in [7, 11) is -3.89. The van der Waals surface area contributed by atoms with E-state index in [-0.39, 0.29) is 34.1 Å². The molecule has 8 nitrogen and oxygen atoms in total. The van der Waals surface area contributed by atoms with Crippen LogP contribution in [0, 0.1) is 0 Å². The fraction of sp³-hybridized carbons (Fsp3) is 0.263. The second kappa shape index (κ2) is 8.11. The van der Waals surface area contributed by atoms with Crippen molar-refractivity contribution in [1.82, 2.24) is 14.7 Å². The quantitative estimate of drug-likeness (QED) is 0.552. The van der Waals surface area contributed by atoms with E-state index in [1.807, 2.05) is 24.3 Å². The van der Waals surface area contributed by atoms with Gasteiger partial charge in [-0.15, -0.1) is 0 Å². The lowest BCUT2D eigenvalue weighted by atomic mass is 10.2. The normalized spacial score (nSPS) is 16.9. The minimum absolute atomic E-state index is 0.0325. The maximum Gasteiger partial charge on any atom is 0.258 e. The minimum Gasteiger partial charge on any atom is -0.377 e. The molecule has 0 unspecified atom stereocenters. The van der Waals surface area contributed by atoms with Gasteiger partial charge in [0.05, 0.1) is 22.2 Å². The highest BCUT2D eigenvalue weighted by atomic mass is 35.5. The summed E-state index contributed by atoms with van der Waals surface area (Å²) in [6.45, 7) is 0.790. The molecule has 1 aromatic heterocycles. The molecule has 3 aromatic rings. The molecule has 1 amide bonds. The van der Waals surface area contributed by atoms with Gasteiger partial charge in [0.15, 0.2) is 0 Å². The molecule has 0 saturated carbocycles. The Hall–Kier alpha value is -2.46. The minimum atomic E-state index is -3.89. The summed E-state index contributed by atoms with van der Waals surface area (Å²) >= 11 is 6.09. The number of imidazole rings is 1. The van der Waals surface area contributed by atoms with Crippen molar-refractivity contribution in [3.63, 3.8) is 0 Å². The zero-order valence-electron chi connectivity index (χ0n) is 15.3. The number of nitrogens with zero attached hydrogens (tertiary/aromatic N) is 1. The zero-order chi connectivity index (χ0) is 20.4. The predicted octanol–water partition coefficient (Wildman–Crippen LogP) is 2.93. The van der Waals surface area contributed by atoms with Gasteiger partial charge in [-0.3, -0.25) is 10.1 Å². The molecule has 152 valence electrons. The van der Waals surface area contributed by atoms with Crippen LogP contribution in [0.15, 0.2) is 47.4 Å². The molecule has 1 atom stereocenters. The van der Waals surface area contributed by atoms with Crippen LogP contribution in [0.2, 0.25) is 5.02 Å². The van der Waals surface area contributed by atoms with Crippen molar-refractivity contribution < 1.29 is 17.9 Å². The monoisotopic (exact) mass is 434 g/mol. The molecule has 2 aromatic carbocycles. The van der Waals surface area contributed by atoms with Crippen molar-refractivity contribution in [2.24, 2.45) is 0 Å². The Morgan fingerprint density at radius 3 is 2.86 bits per heavy atom. The van der Waals surface area contributed by atoms with Crippen molar-refractivity contribution in [1.29, 1.82) is 0 Å². The fourth-order valence-electron chi connectivity index (χ4n) is 3.13. The van der Waals surface area contributed by atoms with Gasteiger partial charge < -0.3 is 9.72 Å². The predicted molar refractivity (Wildman–Crippen MR) is 110 cm³/mol. The molecule has 3 N–H and O–H groups in total. The highest BCUT2D eigenvalue weighted by molar-refractivity contribution is 7.89. The average Bonchev–Trinajstić information content (AvgIpc) is 3.35. The van der Waals surface area contributed by atoms with Crippen LogP contribution in [0.5, 0.6) is 0 Å². The Balaban J connectivity index is 1.52. The first-order chi connectivity index (χ1) is 13.9. The lowest BCUT2D eigenvalue weighted by Crippen LogP contribution is -2.32. The summed E-state index contributed by atoms with van der Waals surface area (Å²) in [5, 5.41) is 2.67. The van der Waals surface area contributed by atoms with Crippen LogP contribution in [0.25, 0.3) is 11.0 Å². The number of hydrogen-bond acceptors (Lipinski definition) is 5. The maximum atomic E-state index is 12.7. The van der Waals surface area contributed by atoms with E-state index in [1.165, 1.54) is 18.2 Å². The van der Waals surface area contributed by atoms with Crippen LogP contribution in [0.4, 0.5) is 5.95 Å². The summed E-state index contributed by atoms with van der Waals surface area (Å²) in [5.41, 5.74) is 1.63. The van der Waals surface area contributed by atoms with Crippen molar-refractivity contribution >= 4 is 44.5 Å². The van der Waals surface area contributed by atoms with E-state index < -0.39 is 15.9 Å². The summed E-state index contributed by atoms with van der Waals surface area (Å²) in [6.07, 6.45) is 1.56. The van der Waals surface area contributed by atoms with Gasteiger partial charge in [0, 0.05) is 18.7 Å². The largest absolute Gasteiger partial charge is 0.377 e. The molecule has 10 heteroatoms. The molecular weight excluding hydrogens is 416 g/mol. The smallest absolute Gasteiger partial charge is 0.258 e. The van der Waals surface area contributed by atoms with Crippen molar-refractivity contribution in [3.05, 3.63) is 53.1 Å². The highest BCUT2D eigenvalue weighted by Crippen LogP contribution is 2.24. The summed E-state index contributed by atoms with van der Waals surface area (Å²) in [6, 6.07) is 11.4. The molecule has 1 saturated heterocycles. The van der Waals surface area contributed by atoms with Crippen LogP contribution in [-0.2, 0) is 14.8 Å². The number of sulfonamides is 1. The number of rotatable bonds is 6. The van der Waals surface area contributed by atoms with Crippen LogP contribution < -0.4 is 10.0 Å². The van der Waals surface area contributed by atoms with Gasteiger partial charge in [-0.05, 0) is 43.2 Å². The van der Waals surface area contributed by atoms with E-state index in [4.69, 9.17) is 16.3 Å². The van der Waals surface area contributed by atoms with Crippen LogP contribution >= 0.6 is 11.6 Å². The van der Waals surface area contributed by atoms with Crippen LogP contribution in [0.1, 0.15) is 23.2 Å². The number of carbonyl (C=O) groups is 1. The number of fused-ring (bicyclic) bond motifs is 1. The van der Waals surface area contributed by atoms with Crippen LogP contribution in [0.3, 0.4) is 0 Å². The molecule has 2 heterocycles.